The fourth-order valence-electron chi connectivity index (χ4n) is 2.53. The summed E-state index contributed by atoms with van der Waals surface area (Å²) in [6.07, 6.45) is 0. The molecule has 0 saturated carbocycles. The molecule has 0 N–H and O–H groups in total. The van der Waals surface area contributed by atoms with Gasteiger partial charge in [-0.1, -0.05) is 46.6 Å². The van der Waals surface area contributed by atoms with Crippen LogP contribution in [0.1, 0.15) is 28.4 Å². The van der Waals surface area contributed by atoms with E-state index in [1.807, 2.05) is 45.0 Å². The van der Waals surface area contributed by atoms with E-state index in [-0.39, 0.29) is 5.82 Å². The summed E-state index contributed by atoms with van der Waals surface area (Å²) in [5.74, 6) is 0.997. The van der Waals surface area contributed by atoms with Crippen molar-refractivity contribution in [2.24, 2.45) is 0 Å². The normalized spacial score (nSPS) is 10.7. The molecule has 0 spiro atoms. The maximum Gasteiger partial charge on any atom is 0.215 e. The van der Waals surface area contributed by atoms with Gasteiger partial charge in [0, 0.05) is 11.1 Å². The standard InChI is InChI=1S/C17H15ClN4O/c1-10-4-6-13(7-5-10)16-17(18)20-15(8-19)22(16)9-14-11(2)21-23-12(14)3/h4-7H,9H2,1-3H3. The summed E-state index contributed by atoms with van der Waals surface area (Å²) < 4.78 is 7.01. The van der Waals surface area contributed by atoms with Crippen molar-refractivity contribution < 1.29 is 4.52 Å². The highest BCUT2D eigenvalue weighted by molar-refractivity contribution is 6.32. The Bertz CT molecular complexity index is 881. The minimum Gasteiger partial charge on any atom is -0.361 e. The van der Waals surface area contributed by atoms with E-state index in [4.69, 9.17) is 16.1 Å². The van der Waals surface area contributed by atoms with Crippen LogP contribution in [-0.2, 0) is 6.54 Å². The highest BCUT2D eigenvalue weighted by Gasteiger charge is 2.20. The van der Waals surface area contributed by atoms with Crippen molar-refractivity contribution in [3.8, 4) is 17.3 Å². The maximum atomic E-state index is 9.38. The fourth-order valence-corrected chi connectivity index (χ4v) is 2.83. The number of imidazole rings is 1. The van der Waals surface area contributed by atoms with Crippen LogP contribution in [0.2, 0.25) is 5.15 Å². The van der Waals surface area contributed by atoms with Gasteiger partial charge in [-0.2, -0.15) is 5.26 Å². The second-order valence-electron chi connectivity index (χ2n) is 5.44. The van der Waals surface area contributed by atoms with E-state index in [1.54, 1.807) is 4.57 Å². The first-order valence-electron chi connectivity index (χ1n) is 7.16. The topological polar surface area (TPSA) is 67.6 Å². The smallest absolute Gasteiger partial charge is 0.215 e. The molecule has 0 bridgehead atoms. The summed E-state index contributed by atoms with van der Waals surface area (Å²) in [6, 6.07) is 10.1. The van der Waals surface area contributed by atoms with Crippen LogP contribution in [-0.4, -0.2) is 14.7 Å². The first kappa shape index (κ1) is 15.3. The van der Waals surface area contributed by atoms with E-state index >= 15 is 0 Å². The van der Waals surface area contributed by atoms with Crippen LogP contribution in [0.4, 0.5) is 0 Å². The number of hydrogen-bond donors (Lipinski definition) is 0. The summed E-state index contributed by atoms with van der Waals surface area (Å²) in [7, 11) is 0. The van der Waals surface area contributed by atoms with Gasteiger partial charge in [-0.05, 0) is 20.8 Å². The van der Waals surface area contributed by atoms with Gasteiger partial charge in [0.25, 0.3) is 0 Å². The highest BCUT2D eigenvalue weighted by atomic mass is 35.5. The molecule has 6 heteroatoms. The summed E-state index contributed by atoms with van der Waals surface area (Å²) in [5.41, 5.74) is 4.53. The largest absolute Gasteiger partial charge is 0.361 e. The zero-order valence-electron chi connectivity index (χ0n) is 13.1. The number of rotatable bonds is 3. The average Bonchev–Trinajstić information content (AvgIpc) is 3.02. The molecule has 1 aromatic carbocycles. The van der Waals surface area contributed by atoms with Crippen LogP contribution in [0.15, 0.2) is 28.8 Å². The number of halogens is 1. The lowest BCUT2D eigenvalue weighted by atomic mass is 10.1. The Hall–Kier alpha value is -2.58. The van der Waals surface area contributed by atoms with Crippen molar-refractivity contribution in [3.63, 3.8) is 0 Å². The lowest BCUT2D eigenvalue weighted by molar-refractivity contribution is 0.392. The Morgan fingerprint density at radius 1 is 1.22 bits per heavy atom. The summed E-state index contributed by atoms with van der Waals surface area (Å²) in [6.45, 7) is 6.19. The predicted molar refractivity (Wildman–Crippen MR) is 87.2 cm³/mol. The predicted octanol–water partition coefficient (Wildman–Crippen LogP) is 4.04. The van der Waals surface area contributed by atoms with Crippen molar-refractivity contribution in [2.45, 2.75) is 27.3 Å². The molecule has 0 radical (unpaired) electrons. The monoisotopic (exact) mass is 326 g/mol. The van der Waals surface area contributed by atoms with Crippen LogP contribution in [0.25, 0.3) is 11.3 Å². The van der Waals surface area contributed by atoms with Gasteiger partial charge in [0.15, 0.2) is 5.15 Å². The molecule has 116 valence electrons. The summed E-state index contributed by atoms with van der Waals surface area (Å²) in [4.78, 5) is 4.18. The zero-order valence-corrected chi connectivity index (χ0v) is 13.8. The number of benzene rings is 1. The quantitative estimate of drug-likeness (QED) is 0.728. The van der Waals surface area contributed by atoms with Gasteiger partial charge in [-0.3, -0.25) is 0 Å². The molecule has 0 aliphatic rings. The fraction of sp³-hybridized carbons (Fsp3) is 0.235. The van der Waals surface area contributed by atoms with Gasteiger partial charge in [0.2, 0.25) is 5.82 Å². The molecular weight excluding hydrogens is 312 g/mol. The van der Waals surface area contributed by atoms with Gasteiger partial charge in [0.1, 0.15) is 11.8 Å². The van der Waals surface area contributed by atoms with E-state index in [0.717, 1.165) is 33.8 Å². The number of aromatic nitrogens is 3. The van der Waals surface area contributed by atoms with Gasteiger partial charge in [-0.15, -0.1) is 0 Å². The third-order valence-electron chi connectivity index (χ3n) is 3.85. The second-order valence-corrected chi connectivity index (χ2v) is 5.80. The molecule has 23 heavy (non-hydrogen) atoms. The highest BCUT2D eigenvalue weighted by Crippen LogP contribution is 2.30. The Morgan fingerprint density at radius 3 is 2.48 bits per heavy atom. The average molecular weight is 327 g/mol. The zero-order chi connectivity index (χ0) is 16.6. The molecule has 3 aromatic rings. The van der Waals surface area contributed by atoms with Gasteiger partial charge < -0.3 is 9.09 Å². The lowest BCUT2D eigenvalue weighted by Crippen LogP contribution is -2.06. The SMILES string of the molecule is Cc1ccc(-c2c(Cl)nc(C#N)n2Cc2c(C)noc2C)cc1. The van der Waals surface area contributed by atoms with Crippen molar-refractivity contribution >= 4 is 11.6 Å². The number of nitriles is 1. The molecule has 0 fully saturated rings. The molecular formula is C17H15ClN4O. The van der Waals surface area contributed by atoms with E-state index < -0.39 is 0 Å². The van der Waals surface area contributed by atoms with Crippen LogP contribution < -0.4 is 0 Å². The number of hydrogen-bond acceptors (Lipinski definition) is 4. The van der Waals surface area contributed by atoms with Crippen molar-refractivity contribution in [1.29, 1.82) is 5.26 Å². The van der Waals surface area contributed by atoms with E-state index in [9.17, 15) is 5.26 Å². The minimum absolute atomic E-state index is 0.269. The Kier molecular flexibility index (Phi) is 3.93. The summed E-state index contributed by atoms with van der Waals surface area (Å²) >= 11 is 6.30. The van der Waals surface area contributed by atoms with Crippen LogP contribution >= 0.6 is 11.6 Å². The van der Waals surface area contributed by atoms with Gasteiger partial charge >= 0.3 is 0 Å². The molecule has 0 aliphatic carbocycles. The van der Waals surface area contributed by atoms with Crippen molar-refractivity contribution in [2.75, 3.05) is 0 Å². The summed E-state index contributed by atoms with van der Waals surface area (Å²) in [5, 5.41) is 13.7. The molecule has 5 nitrogen and oxygen atoms in total. The Morgan fingerprint density at radius 2 is 1.91 bits per heavy atom. The molecule has 2 aromatic heterocycles. The molecule has 3 rings (SSSR count). The first-order valence-corrected chi connectivity index (χ1v) is 7.54. The van der Waals surface area contributed by atoms with E-state index in [0.29, 0.717) is 11.7 Å². The van der Waals surface area contributed by atoms with Crippen LogP contribution in [0.3, 0.4) is 0 Å². The third kappa shape index (κ3) is 2.73. The van der Waals surface area contributed by atoms with Crippen LogP contribution in [0, 0.1) is 32.1 Å². The Labute approximate surface area is 139 Å². The third-order valence-corrected chi connectivity index (χ3v) is 4.11. The molecule has 0 amide bonds. The van der Waals surface area contributed by atoms with Gasteiger partial charge in [-0.25, -0.2) is 4.98 Å². The first-order chi connectivity index (χ1) is 11.0. The molecule has 0 saturated heterocycles. The lowest BCUT2D eigenvalue weighted by Gasteiger charge is -2.10. The maximum absolute atomic E-state index is 9.38. The second kappa shape index (κ2) is 5.90. The number of aryl methyl sites for hydroxylation is 3. The molecule has 2 heterocycles. The van der Waals surface area contributed by atoms with Crippen molar-refractivity contribution in [1.82, 2.24) is 14.7 Å². The van der Waals surface area contributed by atoms with Crippen LogP contribution in [0.5, 0.6) is 0 Å². The van der Waals surface area contributed by atoms with Gasteiger partial charge in [0.05, 0.1) is 17.9 Å². The number of nitrogens with zero attached hydrogens (tertiary/aromatic N) is 4. The Balaban J connectivity index is 2.16. The van der Waals surface area contributed by atoms with E-state index in [2.05, 4.69) is 16.2 Å². The van der Waals surface area contributed by atoms with E-state index in [1.165, 1.54) is 0 Å². The van der Waals surface area contributed by atoms with Crippen molar-refractivity contribution in [3.05, 3.63) is 57.8 Å². The molecule has 0 unspecified atom stereocenters. The molecule has 0 aliphatic heterocycles. The minimum atomic E-state index is 0.269. The molecule has 0 atom stereocenters.